The molecule has 2 aromatic rings. The maximum absolute atomic E-state index is 12.6. The zero-order valence-electron chi connectivity index (χ0n) is 18.2. The molecule has 32 heavy (non-hydrogen) atoms. The Kier molecular flexibility index (Phi) is 9.52. The van der Waals surface area contributed by atoms with Crippen LogP contribution in [0.25, 0.3) is 0 Å². The third-order valence-electron chi connectivity index (χ3n) is 4.78. The Hall–Kier alpha value is -3.56. The molecule has 2 atom stereocenters. The molecule has 9 nitrogen and oxygen atoms in total. The lowest BCUT2D eigenvalue weighted by Crippen LogP contribution is -2.23. The van der Waals surface area contributed by atoms with Crippen LogP contribution in [0.15, 0.2) is 60.2 Å². The first-order valence-corrected chi connectivity index (χ1v) is 9.95. The molecule has 0 aliphatic carbocycles. The molecule has 2 amide bonds. The number of carbonyl (C=O) groups excluding carboxylic acids is 2. The Morgan fingerprint density at radius 3 is 2.25 bits per heavy atom. The van der Waals surface area contributed by atoms with Gasteiger partial charge in [0.15, 0.2) is 0 Å². The predicted octanol–water partition coefficient (Wildman–Crippen LogP) is 3.44. The number of benzene rings is 2. The van der Waals surface area contributed by atoms with Crippen molar-refractivity contribution in [1.82, 2.24) is 5.48 Å². The summed E-state index contributed by atoms with van der Waals surface area (Å²) >= 11 is 0. The Morgan fingerprint density at radius 1 is 1.06 bits per heavy atom. The molecule has 0 aliphatic heterocycles. The molecule has 0 saturated carbocycles. The van der Waals surface area contributed by atoms with Crippen LogP contribution in [-0.4, -0.2) is 42.6 Å². The molecule has 0 spiro atoms. The minimum Gasteiger partial charge on any atom is -0.497 e. The highest BCUT2D eigenvalue weighted by Gasteiger charge is 2.25. The van der Waals surface area contributed by atoms with Crippen LogP contribution in [0.4, 0.5) is 10.5 Å². The second-order valence-electron chi connectivity index (χ2n) is 6.97. The van der Waals surface area contributed by atoms with Crippen molar-refractivity contribution < 1.29 is 34.1 Å². The summed E-state index contributed by atoms with van der Waals surface area (Å²) in [5.41, 5.74) is 3.36. The molecule has 9 heteroatoms. The smallest absolute Gasteiger partial charge is 0.412 e. The first kappa shape index (κ1) is 24.7. The van der Waals surface area contributed by atoms with Crippen molar-refractivity contribution in [2.45, 2.75) is 20.0 Å². The van der Waals surface area contributed by atoms with Gasteiger partial charge in [0.25, 0.3) is 5.91 Å². The van der Waals surface area contributed by atoms with Gasteiger partial charge in [-0.2, -0.15) is 0 Å². The lowest BCUT2D eigenvalue weighted by atomic mass is 9.91. The fourth-order valence-electron chi connectivity index (χ4n) is 2.92. The van der Waals surface area contributed by atoms with Gasteiger partial charge in [-0.1, -0.05) is 24.6 Å². The molecule has 0 unspecified atom stereocenters. The third-order valence-corrected chi connectivity index (χ3v) is 4.78. The highest BCUT2D eigenvalue weighted by atomic mass is 16.6. The van der Waals surface area contributed by atoms with Gasteiger partial charge in [-0.15, -0.1) is 0 Å². The second-order valence-corrected chi connectivity index (χ2v) is 6.97. The van der Waals surface area contributed by atoms with Gasteiger partial charge in [-0.25, -0.2) is 10.3 Å². The number of methoxy groups -OCH3 is 1. The number of hydroxylamine groups is 1. The highest BCUT2D eigenvalue weighted by Crippen LogP contribution is 2.32. The van der Waals surface area contributed by atoms with Crippen molar-refractivity contribution in [3.05, 3.63) is 65.7 Å². The zero-order chi connectivity index (χ0) is 23.5. The van der Waals surface area contributed by atoms with Gasteiger partial charge in [-0.05, 0) is 48.9 Å². The Bertz CT molecular complexity index is 911. The predicted molar refractivity (Wildman–Crippen MR) is 118 cm³/mol. The molecule has 0 aromatic heterocycles. The van der Waals surface area contributed by atoms with Crippen LogP contribution < -0.4 is 20.3 Å². The topological polar surface area (TPSA) is 126 Å². The lowest BCUT2D eigenvalue weighted by Gasteiger charge is -2.25. The third kappa shape index (κ3) is 7.29. The number of amides is 2. The minimum atomic E-state index is -0.733. The van der Waals surface area contributed by atoms with Crippen molar-refractivity contribution >= 4 is 17.7 Å². The van der Waals surface area contributed by atoms with E-state index in [2.05, 4.69) is 5.32 Å². The SMILES string of the molecule is COc1ccc(NC(=O)O[C@@H](c2ccc(OCCO)cc2)[C@@H](C)/C(C)=C/C(=O)NO)cc1. The van der Waals surface area contributed by atoms with Crippen molar-refractivity contribution in [3.63, 3.8) is 0 Å². The summed E-state index contributed by atoms with van der Waals surface area (Å²) in [5.74, 6) is 0.146. The molecule has 172 valence electrons. The molecular formula is C23H28N2O7. The number of hydrogen-bond acceptors (Lipinski definition) is 7. The van der Waals surface area contributed by atoms with Gasteiger partial charge in [0, 0.05) is 17.7 Å². The largest absolute Gasteiger partial charge is 0.497 e. The fraction of sp³-hybridized carbons (Fsp3) is 0.304. The van der Waals surface area contributed by atoms with Crippen molar-refractivity contribution in [2.24, 2.45) is 5.92 Å². The summed E-state index contributed by atoms with van der Waals surface area (Å²) in [5, 5.41) is 20.4. The maximum Gasteiger partial charge on any atom is 0.412 e. The average Bonchev–Trinajstić information content (AvgIpc) is 2.81. The van der Waals surface area contributed by atoms with E-state index in [0.717, 1.165) is 0 Å². The normalized spacial score (nSPS) is 13.0. The van der Waals surface area contributed by atoms with E-state index in [0.29, 0.717) is 28.3 Å². The Labute approximate surface area is 186 Å². The van der Waals surface area contributed by atoms with Gasteiger partial charge >= 0.3 is 6.09 Å². The van der Waals surface area contributed by atoms with Crippen LogP contribution in [0.1, 0.15) is 25.5 Å². The summed E-state index contributed by atoms with van der Waals surface area (Å²) in [6.45, 7) is 3.57. The van der Waals surface area contributed by atoms with Gasteiger partial charge < -0.3 is 19.3 Å². The monoisotopic (exact) mass is 444 g/mol. The number of carbonyl (C=O) groups is 2. The number of aliphatic hydroxyl groups excluding tert-OH is 1. The molecule has 0 saturated heterocycles. The summed E-state index contributed by atoms with van der Waals surface area (Å²) in [7, 11) is 1.55. The number of aliphatic hydroxyl groups is 1. The second kappa shape index (κ2) is 12.3. The number of anilines is 1. The van der Waals surface area contributed by atoms with Crippen LogP contribution >= 0.6 is 0 Å². The van der Waals surface area contributed by atoms with E-state index >= 15 is 0 Å². The van der Waals surface area contributed by atoms with E-state index in [1.807, 2.05) is 0 Å². The minimum absolute atomic E-state index is 0.104. The van der Waals surface area contributed by atoms with E-state index in [1.54, 1.807) is 75.0 Å². The summed E-state index contributed by atoms with van der Waals surface area (Å²) < 4.78 is 16.2. The number of ether oxygens (including phenoxy) is 3. The molecule has 0 bridgehead atoms. The summed E-state index contributed by atoms with van der Waals surface area (Å²) in [6, 6.07) is 13.7. The Morgan fingerprint density at radius 2 is 1.69 bits per heavy atom. The van der Waals surface area contributed by atoms with Crippen LogP contribution in [0.2, 0.25) is 0 Å². The Balaban J connectivity index is 2.23. The standard InChI is InChI=1S/C23H28N2O7/c1-15(14-21(27)25-29)16(2)22(17-4-8-20(9-5-17)31-13-12-26)32-23(28)24-18-6-10-19(30-3)11-7-18/h4-11,14,16,22,26,29H,12-13H2,1-3H3,(H,24,28)(H,25,27)/b15-14+/t16-,22+/m0/s1. The zero-order valence-corrected chi connectivity index (χ0v) is 18.2. The van der Waals surface area contributed by atoms with Gasteiger partial charge in [0.05, 0.1) is 13.7 Å². The number of hydrogen-bond donors (Lipinski definition) is 4. The first-order chi connectivity index (χ1) is 15.4. The quantitative estimate of drug-likeness (QED) is 0.251. The maximum atomic E-state index is 12.6. The van der Waals surface area contributed by atoms with Crippen molar-refractivity contribution in [1.29, 1.82) is 0 Å². The van der Waals surface area contributed by atoms with Crippen LogP contribution in [0, 0.1) is 5.92 Å². The molecule has 0 aliphatic rings. The molecule has 0 fully saturated rings. The molecule has 4 N–H and O–H groups in total. The average molecular weight is 444 g/mol. The molecule has 0 heterocycles. The number of nitrogens with one attached hydrogen (secondary N) is 2. The van der Waals surface area contributed by atoms with E-state index in [1.165, 1.54) is 6.08 Å². The molecule has 2 rings (SSSR count). The number of rotatable bonds is 10. The van der Waals surface area contributed by atoms with Gasteiger partial charge in [0.2, 0.25) is 0 Å². The van der Waals surface area contributed by atoms with E-state index < -0.39 is 24.0 Å². The van der Waals surface area contributed by atoms with Crippen LogP contribution in [0.3, 0.4) is 0 Å². The molecular weight excluding hydrogens is 416 g/mol. The van der Waals surface area contributed by atoms with Gasteiger partial charge in [0.1, 0.15) is 24.2 Å². The molecule has 0 radical (unpaired) electrons. The first-order valence-electron chi connectivity index (χ1n) is 9.95. The van der Waals surface area contributed by atoms with Crippen molar-refractivity contribution in [3.8, 4) is 11.5 Å². The lowest BCUT2D eigenvalue weighted by molar-refractivity contribution is -0.124. The van der Waals surface area contributed by atoms with E-state index in [4.69, 9.17) is 24.5 Å². The summed E-state index contributed by atoms with van der Waals surface area (Å²) in [6.07, 6.45) is -0.170. The fourth-order valence-corrected chi connectivity index (χ4v) is 2.92. The highest BCUT2D eigenvalue weighted by molar-refractivity contribution is 5.87. The van der Waals surface area contributed by atoms with Crippen LogP contribution in [-0.2, 0) is 9.53 Å². The van der Waals surface area contributed by atoms with Crippen LogP contribution in [0.5, 0.6) is 11.5 Å². The van der Waals surface area contributed by atoms with E-state index in [9.17, 15) is 9.59 Å². The van der Waals surface area contributed by atoms with Gasteiger partial charge in [-0.3, -0.25) is 15.3 Å². The van der Waals surface area contributed by atoms with Crippen molar-refractivity contribution in [2.75, 3.05) is 25.6 Å². The summed E-state index contributed by atoms with van der Waals surface area (Å²) in [4.78, 5) is 24.2. The van der Waals surface area contributed by atoms with E-state index in [-0.39, 0.29) is 13.2 Å². The molecule has 2 aromatic carbocycles.